The lowest BCUT2D eigenvalue weighted by Gasteiger charge is -2.31. The first-order valence-electron chi connectivity index (χ1n) is 21.9. The van der Waals surface area contributed by atoms with E-state index in [4.69, 9.17) is 56.5 Å². The normalized spacial score (nSPS) is 11.6. The number of rotatable bonds is 7. The van der Waals surface area contributed by atoms with Crippen molar-refractivity contribution in [3.8, 4) is 44.0 Å². The molecule has 0 saturated carbocycles. The SMILES string of the molecule is [B]c1c([B])c([B])c2c(-c3cc4oc5c6ccccc6ccc5c4cc3N(c3ccc(-c4ccccc4)cc3)c3ccc(-c4ccccc4)cc3)c([B])c([B])c(-c3nc4ccccc4s3)c2c1[B]. The molecule has 0 aliphatic rings. The summed E-state index contributed by atoms with van der Waals surface area (Å²) in [7, 11) is 42.5. The van der Waals surface area contributed by atoms with Gasteiger partial charge in [0, 0.05) is 38.7 Å². The van der Waals surface area contributed by atoms with Crippen LogP contribution in [0.1, 0.15) is 0 Å². The quantitative estimate of drug-likeness (QED) is 0.150. The fraction of sp³-hybridized carbons (Fsp3) is 0. The molecular formula is C57H30B6N2OS. The molecule has 0 spiro atoms. The van der Waals surface area contributed by atoms with Gasteiger partial charge in [0.2, 0.25) is 0 Å². The van der Waals surface area contributed by atoms with E-state index < -0.39 is 0 Å². The molecule has 0 bridgehead atoms. The molecule has 0 aliphatic carbocycles. The number of nitrogens with zero attached hydrogens (tertiary/aromatic N) is 2. The second-order valence-corrected chi connectivity index (χ2v) is 17.8. The molecule has 0 N–H and O–H groups in total. The number of benzene rings is 10. The van der Waals surface area contributed by atoms with Crippen molar-refractivity contribution in [3.05, 3.63) is 182 Å². The van der Waals surface area contributed by atoms with Crippen molar-refractivity contribution in [2.45, 2.75) is 0 Å². The monoisotopic (exact) mass is 856 g/mol. The fourth-order valence-corrected chi connectivity index (χ4v) is 10.6. The molecule has 10 aromatic carbocycles. The minimum absolute atomic E-state index is 0.147. The van der Waals surface area contributed by atoms with Crippen molar-refractivity contribution < 1.29 is 4.42 Å². The molecule has 12 rings (SSSR count). The van der Waals surface area contributed by atoms with Crippen LogP contribution in [0.2, 0.25) is 0 Å². The first kappa shape index (κ1) is 41.1. The van der Waals surface area contributed by atoms with Gasteiger partial charge in [0.25, 0.3) is 0 Å². The van der Waals surface area contributed by atoms with Gasteiger partial charge < -0.3 is 9.32 Å². The number of para-hydroxylation sites is 1. The number of fused-ring (bicyclic) bond motifs is 7. The first-order valence-corrected chi connectivity index (χ1v) is 22.7. The average Bonchev–Trinajstić information content (AvgIpc) is 3.98. The van der Waals surface area contributed by atoms with Crippen molar-refractivity contribution in [1.29, 1.82) is 0 Å². The van der Waals surface area contributed by atoms with Crippen LogP contribution in [0.4, 0.5) is 17.1 Å². The molecule has 12 aromatic rings. The van der Waals surface area contributed by atoms with Crippen molar-refractivity contribution >= 4 is 162 Å². The molecule has 0 unspecified atom stereocenters. The first-order chi connectivity index (χ1) is 32.7. The molecule has 67 heavy (non-hydrogen) atoms. The number of furan rings is 1. The van der Waals surface area contributed by atoms with Gasteiger partial charge in [0.15, 0.2) is 0 Å². The molecular weight excluding hydrogens is 826 g/mol. The van der Waals surface area contributed by atoms with Crippen molar-refractivity contribution in [2.75, 3.05) is 4.90 Å². The van der Waals surface area contributed by atoms with Crippen molar-refractivity contribution in [3.63, 3.8) is 0 Å². The molecule has 0 amide bonds. The van der Waals surface area contributed by atoms with Gasteiger partial charge in [0.05, 0.1) is 15.9 Å². The molecule has 298 valence electrons. The summed E-state index contributed by atoms with van der Waals surface area (Å²) >= 11 is 1.48. The Kier molecular flexibility index (Phi) is 9.92. The van der Waals surface area contributed by atoms with Crippen LogP contribution in [-0.4, -0.2) is 52.1 Å². The topological polar surface area (TPSA) is 29.3 Å². The van der Waals surface area contributed by atoms with Gasteiger partial charge in [-0.15, -0.1) is 22.3 Å². The number of hydrogen-bond donors (Lipinski definition) is 0. The predicted molar refractivity (Wildman–Crippen MR) is 291 cm³/mol. The summed E-state index contributed by atoms with van der Waals surface area (Å²) in [5, 5.41) is 5.57. The van der Waals surface area contributed by atoms with Crippen LogP contribution in [0.25, 0.3) is 97.7 Å². The predicted octanol–water partition coefficient (Wildman–Crippen LogP) is 9.40. The molecule has 3 nitrogen and oxygen atoms in total. The summed E-state index contributed by atoms with van der Waals surface area (Å²) in [4.78, 5) is 7.26. The summed E-state index contributed by atoms with van der Waals surface area (Å²) in [5.41, 5.74) is 12.2. The van der Waals surface area contributed by atoms with Gasteiger partial charge in [-0.2, -0.15) is 0 Å². The molecule has 0 fully saturated rings. The van der Waals surface area contributed by atoms with Gasteiger partial charge in [-0.1, -0.05) is 149 Å². The zero-order valence-corrected chi connectivity index (χ0v) is 36.8. The molecule has 2 aromatic heterocycles. The highest BCUT2D eigenvalue weighted by Gasteiger charge is 2.28. The molecule has 0 aliphatic heterocycles. The summed E-state index contributed by atoms with van der Waals surface area (Å²) < 4.78 is 7.88. The Morgan fingerprint density at radius 1 is 0.433 bits per heavy atom. The van der Waals surface area contributed by atoms with Crippen molar-refractivity contribution in [2.24, 2.45) is 0 Å². The molecule has 0 saturated heterocycles. The second-order valence-electron chi connectivity index (χ2n) is 16.8. The Morgan fingerprint density at radius 2 is 0.970 bits per heavy atom. The highest BCUT2D eigenvalue weighted by atomic mass is 32.1. The van der Waals surface area contributed by atoms with E-state index in [1.807, 2.05) is 78.9 Å². The zero-order chi connectivity index (χ0) is 45.5. The Bertz CT molecular complexity index is 3810. The lowest BCUT2D eigenvalue weighted by Crippen LogP contribution is -2.49. The number of thiazole rings is 1. The van der Waals surface area contributed by atoms with Crippen LogP contribution in [0.5, 0.6) is 0 Å². The maximum Gasteiger partial charge on any atom is 0.143 e. The lowest BCUT2D eigenvalue weighted by atomic mass is 9.60. The Labute approximate surface area is 400 Å². The van der Waals surface area contributed by atoms with E-state index in [1.54, 1.807) is 0 Å². The van der Waals surface area contributed by atoms with Crippen LogP contribution < -0.4 is 37.7 Å². The third kappa shape index (κ3) is 6.68. The van der Waals surface area contributed by atoms with E-state index in [1.165, 1.54) is 11.3 Å². The number of hydrogen-bond acceptors (Lipinski definition) is 4. The zero-order valence-electron chi connectivity index (χ0n) is 36.0. The van der Waals surface area contributed by atoms with Crippen LogP contribution >= 0.6 is 11.3 Å². The minimum Gasteiger partial charge on any atom is -0.455 e. The van der Waals surface area contributed by atoms with Gasteiger partial charge in [-0.05, 0) is 98.6 Å². The van der Waals surface area contributed by atoms with E-state index in [-0.39, 0.29) is 32.8 Å². The third-order valence-electron chi connectivity index (χ3n) is 13.0. The van der Waals surface area contributed by atoms with Gasteiger partial charge in [-0.25, -0.2) is 4.98 Å². The highest BCUT2D eigenvalue weighted by molar-refractivity contribution is 7.22. The maximum atomic E-state index is 7.46. The van der Waals surface area contributed by atoms with E-state index >= 15 is 0 Å². The molecule has 10 heteroatoms. The maximum absolute atomic E-state index is 7.46. The van der Waals surface area contributed by atoms with Gasteiger partial charge >= 0.3 is 0 Å². The second kappa shape index (κ2) is 16.2. The van der Waals surface area contributed by atoms with Crippen LogP contribution in [0.3, 0.4) is 0 Å². The lowest BCUT2D eigenvalue weighted by molar-refractivity contribution is 0.673. The average molecular weight is 856 g/mol. The number of aromatic nitrogens is 1. The molecule has 2 heterocycles. The highest BCUT2D eigenvalue weighted by Crippen LogP contribution is 2.47. The minimum atomic E-state index is 0.147. The molecule has 12 radical (unpaired) electrons. The Balaban J connectivity index is 1.20. The summed E-state index contributed by atoms with van der Waals surface area (Å²) in [5.74, 6) is 0. The van der Waals surface area contributed by atoms with E-state index in [0.717, 1.165) is 76.7 Å². The van der Waals surface area contributed by atoms with Gasteiger partial charge in [0.1, 0.15) is 63.3 Å². The van der Waals surface area contributed by atoms with Crippen LogP contribution in [0, 0.1) is 0 Å². The standard InChI is InChI=1S/C57H30B6N2OS/c58-50-46(47-48(52(60)55(63)54(62)51(47)59)49(53(50)61)57-64-42-17-9-10-18-45(42)67-57)41-30-44-40(39-28-23-35-15-7-8-16-38(35)56(39)66-44)29-43(41)65(36-24-19-33(20-25-36)31-11-3-1-4-12-31)37-26-21-34(22-27-37)32-13-5-2-6-14-32/h1-30H. The van der Waals surface area contributed by atoms with E-state index in [0.29, 0.717) is 38.1 Å². The largest absolute Gasteiger partial charge is 0.455 e. The van der Waals surface area contributed by atoms with Crippen molar-refractivity contribution in [1.82, 2.24) is 4.98 Å². The smallest absolute Gasteiger partial charge is 0.143 e. The third-order valence-corrected chi connectivity index (χ3v) is 14.0. The van der Waals surface area contributed by atoms with Crippen LogP contribution in [-0.2, 0) is 0 Å². The van der Waals surface area contributed by atoms with E-state index in [2.05, 4.69) is 108 Å². The Hall–Kier alpha value is -7.40. The summed E-state index contributed by atoms with van der Waals surface area (Å²) in [6.45, 7) is 0. The van der Waals surface area contributed by atoms with E-state index in [9.17, 15) is 0 Å². The number of anilines is 3. The Morgan fingerprint density at radius 3 is 1.60 bits per heavy atom. The summed E-state index contributed by atoms with van der Waals surface area (Å²) in [6.07, 6.45) is 0. The summed E-state index contributed by atoms with van der Waals surface area (Å²) in [6, 6.07) is 62.4. The molecule has 0 atom stereocenters. The van der Waals surface area contributed by atoms with Gasteiger partial charge in [-0.3, -0.25) is 0 Å². The van der Waals surface area contributed by atoms with Crippen LogP contribution in [0.15, 0.2) is 186 Å². The fourth-order valence-electron chi connectivity index (χ4n) is 9.59.